The molecule has 0 saturated heterocycles. The van der Waals surface area contributed by atoms with Gasteiger partial charge in [-0.15, -0.1) is 0 Å². The zero-order chi connectivity index (χ0) is 38.5. The fraction of sp³-hybridized carbons (Fsp3) is 0.333. The van der Waals surface area contributed by atoms with Gasteiger partial charge < -0.3 is 0 Å². The molecule has 0 bridgehead atoms. The number of fused-ring (bicyclic) bond motifs is 3. The Balaban J connectivity index is 1.33. The number of rotatable bonds is 9. The normalized spacial score (nSPS) is 14.1. The van der Waals surface area contributed by atoms with Crippen molar-refractivity contribution in [3.8, 4) is 22.3 Å². The Morgan fingerprint density at radius 1 is 0.389 bits per heavy atom. The summed E-state index contributed by atoms with van der Waals surface area (Å²) in [6.45, 7) is 24.7. The third-order valence-corrected chi connectivity index (χ3v) is 13.0. The van der Waals surface area contributed by atoms with E-state index < -0.39 is 0 Å². The molecule has 7 aromatic rings. The molecule has 0 amide bonds. The summed E-state index contributed by atoms with van der Waals surface area (Å²) in [5.41, 5.74) is 8.51. The van der Waals surface area contributed by atoms with Crippen LogP contribution < -0.4 is 0 Å². The van der Waals surface area contributed by atoms with Crippen molar-refractivity contribution in [3.63, 3.8) is 0 Å². The monoisotopic (exact) mass is 708 g/mol. The maximum Gasteiger partial charge on any atom is -0.00262 e. The van der Waals surface area contributed by atoms with Crippen LogP contribution >= 0.6 is 0 Å². The van der Waals surface area contributed by atoms with Crippen molar-refractivity contribution in [1.29, 1.82) is 0 Å². The lowest BCUT2D eigenvalue weighted by Crippen LogP contribution is -2.41. The Labute approximate surface area is 325 Å². The van der Waals surface area contributed by atoms with Gasteiger partial charge in [-0.3, -0.25) is 0 Å². The summed E-state index contributed by atoms with van der Waals surface area (Å²) in [4.78, 5) is 0. The summed E-state index contributed by atoms with van der Waals surface area (Å²) >= 11 is 0. The average Bonchev–Trinajstić information content (AvgIpc) is 3.14. The predicted octanol–water partition coefficient (Wildman–Crippen LogP) is 16.3. The van der Waals surface area contributed by atoms with Crippen molar-refractivity contribution >= 4 is 32.3 Å². The van der Waals surface area contributed by atoms with Crippen LogP contribution in [0.4, 0.5) is 0 Å². The van der Waals surface area contributed by atoms with Crippen LogP contribution in [0.5, 0.6) is 0 Å². The molecule has 276 valence electrons. The first-order valence-corrected chi connectivity index (χ1v) is 20.1. The van der Waals surface area contributed by atoms with E-state index in [1.54, 1.807) is 0 Å². The second-order valence-electron chi connectivity index (χ2n) is 19.5. The van der Waals surface area contributed by atoms with E-state index in [2.05, 4.69) is 215 Å². The van der Waals surface area contributed by atoms with Crippen molar-refractivity contribution in [2.24, 2.45) is 21.7 Å². The van der Waals surface area contributed by atoms with Crippen LogP contribution in [0.3, 0.4) is 0 Å². The summed E-state index contributed by atoms with van der Waals surface area (Å²) < 4.78 is 0. The molecule has 0 saturated carbocycles. The van der Waals surface area contributed by atoms with Gasteiger partial charge in [-0.1, -0.05) is 209 Å². The zero-order valence-corrected chi connectivity index (χ0v) is 34.4. The summed E-state index contributed by atoms with van der Waals surface area (Å²) in [5, 5.41) is 7.74. The first kappa shape index (κ1) is 37.6. The number of benzene rings is 7. The SMILES string of the molecule is CC(C)(C)CC(c1ccc(-c2c3ccccc3c(-c3ccc4ccccc4c3)c3ccccc23)cc1)C(C)(C)C(C)(C)CC(c1ccccc1)C(C)(C)C. The van der Waals surface area contributed by atoms with E-state index in [1.165, 1.54) is 65.7 Å². The van der Waals surface area contributed by atoms with Crippen molar-refractivity contribution in [1.82, 2.24) is 0 Å². The molecule has 0 aliphatic rings. The lowest BCUT2D eigenvalue weighted by atomic mass is 9.53. The standard InChI is InChI=1S/C54H60/c1-51(2,3)35-48(54(9,10)53(7,8)36-47(52(4,5)6)38-21-12-11-13-22-38)39-29-31-40(32-30-39)49-43-24-16-18-26-45(43)50(46-27-19-17-25-44(46)49)42-33-28-37-20-14-15-23-41(37)34-42/h11-34,47-48H,35-36H2,1-10H3. The number of hydrogen-bond donors (Lipinski definition) is 0. The molecule has 0 fully saturated rings. The van der Waals surface area contributed by atoms with Crippen molar-refractivity contribution in [2.45, 2.75) is 93.9 Å². The second kappa shape index (κ2) is 14.2. The molecule has 0 radical (unpaired) electrons. The van der Waals surface area contributed by atoms with E-state index in [4.69, 9.17) is 0 Å². The molecule has 7 aromatic carbocycles. The summed E-state index contributed by atoms with van der Waals surface area (Å²) in [6, 6.07) is 54.6. The molecule has 7 rings (SSSR count). The maximum absolute atomic E-state index is 2.55. The molecular formula is C54H60. The summed E-state index contributed by atoms with van der Waals surface area (Å²) in [5.74, 6) is 0.853. The highest BCUT2D eigenvalue weighted by atomic mass is 14.5. The molecule has 0 N–H and O–H groups in total. The van der Waals surface area contributed by atoms with Gasteiger partial charge in [-0.25, -0.2) is 0 Å². The molecule has 0 heteroatoms. The Morgan fingerprint density at radius 2 is 0.833 bits per heavy atom. The quantitative estimate of drug-likeness (QED) is 0.131. The Morgan fingerprint density at radius 3 is 1.35 bits per heavy atom. The van der Waals surface area contributed by atoms with Crippen molar-refractivity contribution in [2.75, 3.05) is 0 Å². The van der Waals surface area contributed by atoms with Gasteiger partial charge >= 0.3 is 0 Å². The highest BCUT2D eigenvalue weighted by Gasteiger charge is 2.47. The largest absolute Gasteiger partial charge is 0.0622 e. The first-order chi connectivity index (χ1) is 25.5. The maximum atomic E-state index is 2.55. The topological polar surface area (TPSA) is 0 Å². The van der Waals surface area contributed by atoms with Gasteiger partial charge in [-0.05, 0) is 118 Å². The molecule has 0 heterocycles. The molecule has 0 aromatic heterocycles. The van der Waals surface area contributed by atoms with E-state index in [0.717, 1.165) is 12.8 Å². The van der Waals surface area contributed by atoms with E-state index in [1.807, 2.05) is 0 Å². The minimum Gasteiger partial charge on any atom is -0.0622 e. The van der Waals surface area contributed by atoms with Crippen LogP contribution in [-0.2, 0) is 0 Å². The third-order valence-electron chi connectivity index (χ3n) is 13.0. The Hall–Kier alpha value is -4.68. The first-order valence-electron chi connectivity index (χ1n) is 20.1. The average molecular weight is 709 g/mol. The van der Waals surface area contributed by atoms with Crippen LogP contribution in [0.2, 0.25) is 0 Å². The molecule has 0 aliphatic heterocycles. The lowest BCUT2D eigenvalue weighted by Gasteiger charge is -2.51. The predicted molar refractivity (Wildman–Crippen MR) is 237 cm³/mol. The van der Waals surface area contributed by atoms with Gasteiger partial charge in [0.05, 0.1) is 0 Å². The van der Waals surface area contributed by atoms with Gasteiger partial charge in [0.25, 0.3) is 0 Å². The van der Waals surface area contributed by atoms with Crippen LogP contribution in [0.25, 0.3) is 54.6 Å². The molecular weight excluding hydrogens is 649 g/mol. The Bertz CT molecular complexity index is 2330. The molecule has 54 heavy (non-hydrogen) atoms. The molecule has 2 unspecified atom stereocenters. The minimum atomic E-state index is 0.0287. The van der Waals surface area contributed by atoms with E-state index in [0.29, 0.717) is 11.8 Å². The highest BCUT2D eigenvalue weighted by Crippen LogP contribution is 2.58. The van der Waals surface area contributed by atoms with Crippen LogP contribution in [-0.4, -0.2) is 0 Å². The Kier molecular flexibility index (Phi) is 9.89. The van der Waals surface area contributed by atoms with Gasteiger partial charge in [-0.2, -0.15) is 0 Å². The second-order valence-corrected chi connectivity index (χ2v) is 19.5. The van der Waals surface area contributed by atoms with Crippen LogP contribution in [0.1, 0.15) is 105 Å². The fourth-order valence-corrected chi connectivity index (χ4v) is 9.23. The van der Waals surface area contributed by atoms with E-state index in [9.17, 15) is 0 Å². The van der Waals surface area contributed by atoms with Crippen LogP contribution in [0.15, 0.2) is 146 Å². The van der Waals surface area contributed by atoms with Gasteiger partial charge in [0, 0.05) is 0 Å². The third kappa shape index (κ3) is 7.25. The molecule has 0 spiro atoms. The van der Waals surface area contributed by atoms with Gasteiger partial charge in [0.15, 0.2) is 0 Å². The van der Waals surface area contributed by atoms with Crippen molar-refractivity contribution < 1.29 is 0 Å². The molecule has 0 nitrogen and oxygen atoms in total. The van der Waals surface area contributed by atoms with Gasteiger partial charge in [0.1, 0.15) is 0 Å². The van der Waals surface area contributed by atoms with Crippen LogP contribution in [0, 0.1) is 21.7 Å². The number of hydrogen-bond acceptors (Lipinski definition) is 0. The molecule has 2 atom stereocenters. The summed E-state index contributed by atoms with van der Waals surface area (Å²) in [7, 11) is 0. The molecule has 0 aliphatic carbocycles. The smallest absolute Gasteiger partial charge is 0.00262 e. The lowest BCUT2D eigenvalue weighted by molar-refractivity contribution is 0.0305. The fourth-order valence-electron chi connectivity index (χ4n) is 9.23. The van der Waals surface area contributed by atoms with Crippen molar-refractivity contribution in [3.05, 3.63) is 157 Å². The highest BCUT2D eigenvalue weighted by molar-refractivity contribution is 6.21. The van der Waals surface area contributed by atoms with Gasteiger partial charge in [0.2, 0.25) is 0 Å². The minimum absolute atomic E-state index is 0.0287. The zero-order valence-electron chi connectivity index (χ0n) is 34.4. The summed E-state index contributed by atoms with van der Waals surface area (Å²) in [6.07, 6.45) is 2.26. The van der Waals surface area contributed by atoms with E-state index >= 15 is 0 Å². The van der Waals surface area contributed by atoms with E-state index in [-0.39, 0.29) is 21.7 Å².